The van der Waals surface area contributed by atoms with E-state index in [1.165, 1.54) is 44.1 Å². The number of benzene rings is 1. The van der Waals surface area contributed by atoms with E-state index >= 15 is 0 Å². The fraction of sp³-hybridized carbons (Fsp3) is 0.741. The maximum atomic E-state index is 12.8. The molecule has 0 heterocycles. The number of hydrogen-bond acceptors (Lipinski definition) is 2. The molecule has 3 saturated carbocycles. The Balaban J connectivity index is 1.38. The van der Waals surface area contributed by atoms with Crippen LogP contribution in [0.3, 0.4) is 0 Å². The first kappa shape index (κ1) is 23.1. The Morgan fingerprint density at radius 2 is 1.84 bits per heavy atom. The highest BCUT2D eigenvalue weighted by Crippen LogP contribution is 2.60. The van der Waals surface area contributed by atoms with Crippen molar-refractivity contribution >= 4 is 17.5 Å². The van der Waals surface area contributed by atoms with Gasteiger partial charge >= 0.3 is 0 Å². The van der Waals surface area contributed by atoms with Crippen molar-refractivity contribution in [2.45, 2.75) is 94.9 Å². The number of carbonyl (C=O) groups is 1. The van der Waals surface area contributed by atoms with Gasteiger partial charge in [-0.05, 0) is 105 Å². The van der Waals surface area contributed by atoms with E-state index in [2.05, 4.69) is 35.6 Å². The second-order valence-corrected chi connectivity index (χ2v) is 11.3. The van der Waals surface area contributed by atoms with Crippen LogP contribution in [0.2, 0.25) is 0 Å². The number of fused-ring (bicyclic) bond motifs is 2. The second-order valence-electron chi connectivity index (χ2n) is 10.9. The summed E-state index contributed by atoms with van der Waals surface area (Å²) in [5.74, 6) is 2.29. The summed E-state index contributed by atoms with van der Waals surface area (Å²) in [7, 11) is 0. The molecule has 1 unspecified atom stereocenters. The lowest BCUT2D eigenvalue weighted by Crippen LogP contribution is -2.47. The lowest BCUT2D eigenvalue weighted by molar-refractivity contribution is -0.122. The molecule has 2 bridgehead atoms. The molecule has 3 N–H and O–H groups in total. The predicted molar refractivity (Wildman–Crippen MR) is 129 cm³/mol. The molecule has 4 rings (SSSR count). The lowest BCUT2D eigenvalue weighted by Gasteiger charge is -2.55. The van der Waals surface area contributed by atoms with Crippen molar-refractivity contribution in [3.05, 3.63) is 35.9 Å². The van der Waals surface area contributed by atoms with E-state index in [4.69, 9.17) is 17.3 Å². The van der Waals surface area contributed by atoms with Crippen LogP contribution in [0.1, 0.15) is 89.0 Å². The van der Waals surface area contributed by atoms with Crippen LogP contribution in [-0.2, 0) is 10.2 Å². The van der Waals surface area contributed by atoms with Gasteiger partial charge in [-0.25, -0.2) is 0 Å². The van der Waals surface area contributed by atoms with Gasteiger partial charge in [0.25, 0.3) is 0 Å². The number of halogens is 1. The first-order valence-electron chi connectivity index (χ1n) is 12.7. The van der Waals surface area contributed by atoms with Gasteiger partial charge in [-0.15, -0.1) is 11.6 Å². The van der Waals surface area contributed by atoms with Gasteiger partial charge in [0.15, 0.2) is 0 Å². The summed E-state index contributed by atoms with van der Waals surface area (Å²) in [6.45, 7) is 0.787. The SMILES string of the molecule is NC[C@H]1CC[C@@H](NC(=O)CCC2C[C@@]3(CCCl)CCC[C@@](c4ccccc4)(C2)C3)CC1. The third kappa shape index (κ3) is 5.47. The lowest BCUT2D eigenvalue weighted by atomic mass is 9.49. The molecule has 0 saturated heterocycles. The molecular formula is C27H41ClN2O. The summed E-state index contributed by atoms with van der Waals surface area (Å²) < 4.78 is 0. The number of nitrogens with two attached hydrogens (primary N) is 1. The molecule has 0 radical (unpaired) electrons. The standard InChI is InChI=1S/C27H41ClN2O/c28-16-15-26-13-4-14-27(20-26,23-5-2-1-3-6-23)18-22(17-26)9-12-25(31)30-24-10-7-21(19-29)8-11-24/h1-3,5-6,21-22,24H,4,7-20,29H2,(H,30,31)/t21-,22?,24+,26-,27+/m0/s1. The Kier molecular flexibility index (Phi) is 7.64. The first-order chi connectivity index (χ1) is 15.1. The third-order valence-electron chi connectivity index (χ3n) is 8.81. The largest absolute Gasteiger partial charge is 0.353 e. The van der Waals surface area contributed by atoms with Gasteiger partial charge in [0.2, 0.25) is 5.91 Å². The maximum absolute atomic E-state index is 12.8. The van der Waals surface area contributed by atoms with Crippen LogP contribution in [0.4, 0.5) is 0 Å². The third-order valence-corrected chi connectivity index (χ3v) is 9.00. The summed E-state index contributed by atoms with van der Waals surface area (Å²) >= 11 is 6.30. The molecule has 0 spiro atoms. The van der Waals surface area contributed by atoms with Gasteiger partial charge in [0, 0.05) is 18.3 Å². The summed E-state index contributed by atoms with van der Waals surface area (Å²) in [5.41, 5.74) is 7.98. The Bertz CT molecular complexity index is 713. The Morgan fingerprint density at radius 3 is 2.55 bits per heavy atom. The number of nitrogens with one attached hydrogen (secondary N) is 1. The normalized spacial score (nSPS) is 35.5. The van der Waals surface area contributed by atoms with Crippen LogP contribution in [0.25, 0.3) is 0 Å². The van der Waals surface area contributed by atoms with Crippen LogP contribution >= 0.6 is 11.6 Å². The van der Waals surface area contributed by atoms with Crippen molar-refractivity contribution in [3.63, 3.8) is 0 Å². The van der Waals surface area contributed by atoms with Crippen molar-refractivity contribution in [3.8, 4) is 0 Å². The molecule has 1 amide bonds. The Labute approximate surface area is 193 Å². The van der Waals surface area contributed by atoms with Crippen molar-refractivity contribution in [2.24, 2.45) is 23.0 Å². The number of carbonyl (C=O) groups excluding carboxylic acids is 1. The average Bonchev–Trinajstić information content (AvgIpc) is 2.79. The Morgan fingerprint density at radius 1 is 1.06 bits per heavy atom. The van der Waals surface area contributed by atoms with Crippen molar-refractivity contribution in [1.29, 1.82) is 0 Å². The van der Waals surface area contributed by atoms with E-state index in [9.17, 15) is 4.79 Å². The van der Waals surface area contributed by atoms with E-state index in [1.807, 2.05) is 0 Å². The topological polar surface area (TPSA) is 55.1 Å². The zero-order valence-electron chi connectivity index (χ0n) is 19.1. The van der Waals surface area contributed by atoms with Gasteiger partial charge in [-0.2, -0.15) is 0 Å². The van der Waals surface area contributed by atoms with E-state index < -0.39 is 0 Å². The molecule has 31 heavy (non-hydrogen) atoms. The fourth-order valence-electron chi connectivity index (χ4n) is 7.34. The number of alkyl halides is 1. The highest BCUT2D eigenvalue weighted by Gasteiger charge is 2.50. The van der Waals surface area contributed by atoms with Crippen molar-refractivity contribution in [1.82, 2.24) is 5.32 Å². The van der Waals surface area contributed by atoms with Crippen LogP contribution < -0.4 is 11.1 Å². The molecule has 4 heteroatoms. The van der Waals surface area contributed by atoms with Crippen molar-refractivity contribution in [2.75, 3.05) is 12.4 Å². The molecule has 3 aliphatic rings. The summed E-state index contributed by atoms with van der Waals surface area (Å²) in [6, 6.07) is 11.5. The van der Waals surface area contributed by atoms with Crippen molar-refractivity contribution < 1.29 is 4.79 Å². The molecule has 0 aliphatic heterocycles. The minimum atomic E-state index is 0.257. The molecule has 3 fully saturated rings. The summed E-state index contributed by atoms with van der Waals surface area (Å²) in [6.07, 6.45) is 15.0. The minimum Gasteiger partial charge on any atom is -0.353 e. The summed E-state index contributed by atoms with van der Waals surface area (Å²) in [5, 5.41) is 3.33. The molecule has 3 nitrogen and oxygen atoms in total. The maximum Gasteiger partial charge on any atom is 0.220 e. The molecule has 1 aromatic rings. The fourth-order valence-corrected chi connectivity index (χ4v) is 7.74. The van der Waals surface area contributed by atoms with Crippen LogP contribution in [0.5, 0.6) is 0 Å². The average molecular weight is 445 g/mol. The van der Waals surface area contributed by atoms with E-state index in [1.54, 1.807) is 0 Å². The molecule has 172 valence electrons. The second kappa shape index (κ2) is 10.3. The molecule has 1 aromatic carbocycles. The Hall–Kier alpha value is -1.06. The minimum absolute atomic E-state index is 0.257. The number of amides is 1. The quantitative estimate of drug-likeness (QED) is 0.487. The van der Waals surface area contributed by atoms with Crippen LogP contribution in [-0.4, -0.2) is 24.4 Å². The monoisotopic (exact) mass is 444 g/mol. The van der Waals surface area contributed by atoms with E-state index in [0.717, 1.165) is 50.9 Å². The molecule has 0 aromatic heterocycles. The zero-order chi connectivity index (χ0) is 21.7. The van der Waals surface area contributed by atoms with Crippen LogP contribution in [0.15, 0.2) is 30.3 Å². The number of rotatable bonds is 8. The van der Waals surface area contributed by atoms with Gasteiger partial charge in [0.05, 0.1) is 0 Å². The van der Waals surface area contributed by atoms with E-state index in [0.29, 0.717) is 29.7 Å². The van der Waals surface area contributed by atoms with E-state index in [-0.39, 0.29) is 11.3 Å². The molecule has 3 aliphatic carbocycles. The summed E-state index contributed by atoms with van der Waals surface area (Å²) in [4.78, 5) is 12.8. The first-order valence-corrected chi connectivity index (χ1v) is 13.2. The van der Waals surface area contributed by atoms with Gasteiger partial charge in [0.1, 0.15) is 0 Å². The highest BCUT2D eigenvalue weighted by molar-refractivity contribution is 6.17. The number of hydrogen-bond donors (Lipinski definition) is 2. The zero-order valence-corrected chi connectivity index (χ0v) is 19.8. The molecule has 3 atom stereocenters. The van der Waals surface area contributed by atoms with Gasteiger partial charge < -0.3 is 11.1 Å². The van der Waals surface area contributed by atoms with Gasteiger partial charge in [-0.3, -0.25) is 4.79 Å². The molecular weight excluding hydrogens is 404 g/mol. The highest BCUT2D eigenvalue weighted by atomic mass is 35.5. The smallest absolute Gasteiger partial charge is 0.220 e. The predicted octanol–water partition coefficient (Wildman–Crippen LogP) is 5.94. The van der Waals surface area contributed by atoms with Crippen LogP contribution in [0, 0.1) is 17.3 Å². The van der Waals surface area contributed by atoms with Gasteiger partial charge in [-0.1, -0.05) is 36.8 Å².